The van der Waals surface area contributed by atoms with Crippen molar-refractivity contribution in [2.45, 2.75) is 20.0 Å². The van der Waals surface area contributed by atoms with E-state index in [1.54, 1.807) is 56.4 Å². The molecule has 0 saturated heterocycles. The van der Waals surface area contributed by atoms with Gasteiger partial charge in [0.1, 0.15) is 5.75 Å². The molecule has 1 N–H and O–H groups in total. The van der Waals surface area contributed by atoms with Crippen LogP contribution < -0.4 is 15.0 Å². The van der Waals surface area contributed by atoms with Crippen molar-refractivity contribution in [3.05, 3.63) is 53.6 Å². The first-order valence-corrected chi connectivity index (χ1v) is 7.87. The van der Waals surface area contributed by atoms with Crippen LogP contribution in [0.4, 0.5) is 11.4 Å². The van der Waals surface area contributed by atoms with E-state index in [0.717, 1.165) is 0 Å². The van der Waals surface area contributed by atoms with E-state index >= 15 is 0 Å². The molecule has 2 amide bonds. The lowest BCUT2D eigenvalue weighted by Gasteiger charge is -2.30. The molecule has 25 heavy (non-hydrogen) atoms. The van der Waals surface area contributed by atoms with Gasteiger partial charge in [-0.05, 0) is 56.3 Å². The van der Waals surface area contributed by atoms with Crippen LogP contribution in [-0.2, 0) is 4.79 Å². The maximum absolute atomic E-state index is 12.4. The van der Waals surface area contributed by atoms with Crippen LogP contribution in [0.1, 0.15) is 34.6 Å². The van der Waals surface area contributed by atoms with Crippen LogP contribution in [0.2, 0.25) is 0 Å². The second-order valence-corrected chi connectivity index (χ2v) is 5.93. The Hall–Kier alpha value is -3.15. The zero-order valence-corrected chi connectivity index (χ0v) is 14.2. The molecular formula is C19H18N2O4. The van der Waals surface area contributed by atoms with Gasteiger partial charge in [0.05, 0.1) is 5.69 Å². The zero-order chi connectivity index (χ0) is 18.1. The minimum atomic E-state index is -0.588. The first kappa shape index (κ1) is 16.7. The predicted molar refractivity (Wildman–Crippen MR) is 94.3 cm³/mol. The van der Waals surface area contributed by atoms with Gasteiger partial charge in [-0.15, -0.1) is 0 Å². The molecule has 1 aliphatic heterocycles. The summed E-state index contributed by atoms with van der Waals surface area (Å²) in [6.45, 7) is 3.16. The SMILES string of the molecule is CC(=O)c1ccc(NC(=O)c2ccc3c(c2)OC(C)C(=O)N3C)cc1. The number of amides is 2. The van der Waals surface area contributed by atoms with Gasteiger partial charge in [-0.3, -0.25) is 14.4 Å². The average molecular weight is 338 g/mol. The fraction of sp³-hybridized carbons (Fsp3) is 0.211. The van der Waals surface area contributed by atoms with Crippen LogP contribution in [0.25, 0.3) is 0 Å². The monoisotopic (exact) mass is 338 g/mol. The minimum Gasteiger partial charge on any atom is -0.479 e. The molecule has 3 rings (SSSR count). The molecule has 6 heteroatoms. The Bertz CT molecular complexity index is 858. The molecule has 0 radical (unpaired) electrons. The molecule has 1 unspecified atom stereocenters. The van der Waals surface area contributed by atoms with Crippen molar-refractivity contribution >= 4 is 29.0 Å². The van der Waals surface area contributed by atoms with E-state index in [1.807, 2.05) is 0 Å². The van der Waals surface area contributed by atoms with E-state index in [0.29, 0.717) is 28.3 Å². The summed E-state index contributed by atoms with van der Waals surface area (Å²) in [5, 5.41) is 2.78. The first-order valence-electron chi connectivity index (χ1n) is 7.87. The number of benzene rings is 2. The molecule has 2 aromatic carbocycles. The molecule has 128 valence electrons. The number of carbonyl (C=O) groups is 3. The van der Waals surface area contributed by atoms with Crippen LogP contribution in [0, 0.1) is 0 Å². The van der Waals surface area contributed by atoms with Gasteiger partial charge in [-0.25, -0.2) is 0 Å². The Kier molecular flexibility index (Phi) is 4.27. The van der Waals surface area contributed by atoms with Gasteiger partial charge >= 0.3 is 0 Å². The Morgan fingerprint density at radius 2 is 1.72 bits per heavy atom. The normalized spacial score (nSPS) is 16.0. The number of fused-ring (bicyclic) bond motifs is 1. The van der Waals surface area contributed by atoms with E-state index < -0.39 is 6.10 Å². The third-order valence-electron chi connectivity index (χ3n) is 4.11. The van der Waals surface area contributed by atoms with Gasteiger partial charge in [-0.2, -0.15) is 0 Å². The third kappa shape index (κ3) is 3.24. The van der Waals surface area contributed by atoms with Crippen molar-refractivity contribution in [3.8, 4) is 5.75 Å². The second-order valence-electron chi connectivity index (χ2n) is 5.93. The molecule has 0 bridgehead atoms. The summed E-state index contributed by atoms with van der Waals surface area (Å²) >= 11 is 0. The van der Waals surface area contributed by atoms with E-state index in [-0.39, 0.29) is 17.6 Å². The molecule has 1 atom stereocenters. The summed E-state index contributed by atoms with van der Waals surface area (Å²) in [7, 11) is 1.68. The van der Waals surface area contributed by atoms with Crippen LogP contribution in [0.5, 0.6) is 5.75 Å². The number of carbonyl (C=O) groups excluding carboxylic acids is 3. The predicted octanol–water partition coefficient (Wildman–Crippen LogP) is 2.89. The lowest BCUT2D eigenvalue weighted by atomic mass is 10.1. The number of anilines is 2. The highest BCUT2D eigenvalue weighted by atomic mass is 16.5. The van der Waals surface area contributed by atoms with Gasteiger partial charge in [-0.1, -0.05) is 0 Å². The lowest BCUT2D eigenvalue weighted by molar-refractivity contribution is -0.125. The quantitative estimate of drug-likeness (QED) is 0.873. The van der Waals surface area contributed by atoms with E-state index in [4.69, 9.17) is 4.74 Å². The standard InChI is InChI=1S/C19H18N2O4/c1-11(22)13-4-7-15(8-5-13)20-18(23)14-6-9-16-17(10-14)25-12(2)19(24)21(16)3/h4-10,12H,1-3H3,(H,20,23). The summed E-state index contributed by atoms with van der Waals surface area (Å²) in [6, 6.07) is 11.6. The van der Waals surface area contributed by atoms with Gasteiger partial charge in [0.25, 0.3) is 11.8 Å². The number of ether oxygens (including phenoxy) is 1. The summed E-state index contributed by atoms with van der Waals surface area (Å²) in [4.78, 5) is 37.2. The third-order valence-corrected chi connectivity index (χ3v) is 4.11. The highest BCUT2D eigenvalue weighted by Crippen LogP contribution is 2.34. The largest absolute Gasteiger partial charge is 0.479 e. The van der Waals surface area contributed by atoms with Crippen molar-refractivity contribution in [1.82, 2.24) is 0 Å². The smallest absolute Gasteiger partial charge is 0.267 e. The zero-order valence-electron chi connectivity index (χ0n) is 14.2. The summed E-state index contributed by atoms with van der Waals surface area (Å²) < 4.78 is 5.59. The molecule has 2 aromatic rings. The average Bonchev–Trinajstić information content (AvgIpc) is 2.59. The number of hydrogen-bond donors (Lipinski definition) is 1. The van der Waals surface area contributed by atoms with Gasteiger partial charge in [0.2, 0.25) is 0 Å². The van der Waals surface area contributed by atoms with Gasteiger partial charge in [0, 0.05) is 23.9 Å². The molecule has 0 aliphatic carbocycles. The minimum absolute atomic E-state index is 0.0301. The number of rotatable bonds is 3. The molecule has 6 nitrogen and oxygen atoms in total. The second kappa shape index (κ2) is 6.39. The first-order chi connectivity index (χ1) is 11.9. The highest BCUT2D eigenvalue weighted by molar-refractivity contribution is 6.06. The number of ketones is 1. The van der Waals surface area contributed by atoms with Crippen molar-refractivity contribution in [1.29, 1.82) is 0 Å². The number of likely N-dealkylation sites (N-methyl/N-ethyl adjacent to an activating group) is 1. The highest BCUT2D eigenvalue weighted by Gasteiger charge is 2.29. The van der Waals surface area contributed by atoms with Gasteiger partial charge < -0.3 is 15.0 Å². The van der Waals surface area contributed by atoms with E-state index in [1.165, 1.54) is 11.8 Å². The summed E-state index contributed by atoms with van der Waals surface area (Å²) in [5.41, 5.74) is 2.23. The van der Waals surface area contributed by atoms with E-state index in [9.17, 15) is 14.4 Å². The van der Waals surface area contributed by atoms with Crippen LogP contribution >= 0.6 is 0 Å². The van der Waals surface area contributed by atoms with E-state index in [2.05, 4.69) is 5.32 Å². The van der Waals surface area contributed by atoms with Crippen LogP contribution in [-0.4, -0.2) is 30.7 Å². The number of hydrogen-bond acceptors (Lipinski definition) is 4. The van der Waals surface area contributed by atoms with Crippen LogP contribution in [0.15, 0.2) is 42.5 Å². The molecule has 1 heterocycles. The Morgan fingerprint density at radius 3 is 2.36 bits per heavy atom. The Balaban J connectivity index is 1.80. The van der Waals surface area contributed by atoms with Gasteiger partial charge in [0.15, 0.2) is 11.9 Å². The molecule has 1 aliphatic rings. The Morgan fingerprint density at radius 1 is 1.08 bits per heavy atom. The molecule has 0 fully saturated rings. The van der Waals surface area contributed by atoms with Crippen molar-refractivity contribution in [3.63, 3.8) is 0 Å². The van der Waals surface area contributed by atoms with Crippen molar-refractivity contribution in [2.24, 2.45) is 0 Å². The topological polar surface area (TPSA) is 75.7 Å². The molecular weight excluding hydrogens is 320 g/mol. The molecule has 0 spiro atoms. The molecule has 0 aromatic heterocycles. The number of nitrogens with zero attached hydrogens (tertiary/aromatic N) is 1. The maximum Gasteiger partial charge on any atom is 0.267 e. The lowest BCUT2D eigenvalue weighted by Crippen LogP contribution is -2.42. The summed E-state index contributed by atoms with van der Waals surface area (Å²) in [5.74, 6) is 0.0381. The fourth-order valence-electron chi connectivity index (χ4n) is 2.65. The maximum atomic E-state index is 12.4. The molecule has 0 saturated carbocycles. The van der Waals surface area contributed by atoms with Crippen LogP contribution in [0.3, 0.4) is 0 Å². The van der Waals surface area contributed by atoms with Crippen molar-refractivity contribution < 1.29 is 19.1 Å². The number of nitrogens with one attached hydrogen (secondary N) is 1. The number of Topliss-reactive ketones (excluding diaryl/α,β-unsaturated/α-hetero) is 1. The Labute approximate surface area is 145 Å². The summed E-state index contributed by atoms with van der Waals surface area (Å²) in [6.07, 6.45) is -0.588. The fourth-order valence-corrected chi connectivity index (χ4v) is 2.65. The van der Waals surface area contributed by atoms with Crippen molar-refractivity contribution in [2.75, 3.05) is 17.3 Å².